The monoisotopic (exact) mass is 202 g/mol. The summed E-state index contributed by atoms with van der Waals surface area (Å²) in [5.74, 6) is 0. The number of aromatic amines is 1. The second-order valence-corrected chi connectivity index (χ2v) is 4.19. The summed E-state index contributed by atoms with van der Waals surface area (Å²) in [6.07, 6.45) is 4.09. The number of H-pyrrole nitrogens is 1. The van der Waals surface area contributed by atoms with Gasteiger partial charge in [0.25, 0.3) is 0 Å². The molecule has 80 valence electrons. The van der Waals surface area contributed by atoms with Crippen LogP contribution in [0, 0.1) is 0 Å². The molecule has 0 saturated heterocycles. The van der Waals surface area contributed by atoms with E-state index < -0.39 is 0 Å². The van der Waals surface area contributed by atoms with Crippen LogP contribution in [-0.4, -0.2) is 11.0 Å². The first-order chi connectivity index (χ1) is 7.22. The predicted octanol–water partition coefficient (Wildman–Crippen LogP) is 2.62. The lowest BCUT2D eigenvalue weighted by molar-refractivity contribution is 0.741. The van der Waals surface area contributed by atoms with Crippen molar-refractivity contribution in [2.75, 3.05) is 0 Å². The summed E-state index contributed by atoms with van der Waals surface area (Å²) < 4.78 is 0. The minimum absolute atomic E-state index is 0.217. The van der Waals surface area contributed by atoms with Crippen LogP contribution in [0.3, 0.4) is 0 Å². The predicted molar refractivity (Wildman–Crippen MR) is 65.0 cm³/mol. The second kappa shape index (κ2) is 4.07. The molecule has 0 saturated carbocycles. The van der Waals surface area contributed by atoms with Crippen molar-refractivity contribution < 1.29 is 0 Å². The fourth-order valence-corrected chi connectivity index (χ4v) is 2.09. The Kier molecular flexibility index (Phi) is 2.78. The highest BCUT2D eigenvalue weighted by Gasteiger charge is 2.07. The van der Waals surface area contributed by atoms with Gasteiger partial charge in [0.2, 0.25) is 0 Å². The maximum atomic E-state index is 5.83. The van der Waals surface area contributed by atoms with Gasteiger partial charge in [0.05, 0.1) is 0 Å². The number of nitrogens with one attached hydrogen (secondary N) is 1. The van der Waals surface area contributed by atoms with Crippen LogP contribution in [-0.2, 0) is 12.8 Å². The number of aryl methyl sites for hydroxylation is 1. The molecule has 15 heavy (non-hydrogen) atoms. The Bertz CT molecular complexity index is 455. The Labute approximate surface area is 90.5 Å². The standard InChI is InChI=1S/C13H18N2/c1-3-10-5-4-6-12-11(7-9(2)14)8-15-13(10)12/h4-6,8-9,15H,3,7,14H2,1-2H3. The Morgan fingerprint density at radius 3 is 2.80 bits per heavy atom. The van der Waals surface area contributed by atoms with Crippen LogP contribution < -0.4 is 5.73 Å². The van der Waals surface area contributed by atoms with E-state index in [1.165, 1.54) is 22.0 Å². The highest BCUT2D eigenvalue weighted by Crippen LogP contribution is 2.22. The van der Waals surface area contributed by atoms with Crippen molar-refractivity contribution in [3.63, 3.8) is 0 Å². The molecule has 0 radical (unpaired) electrons. The maximum Gasteiger partial charge on any atom is 0.0489 e. The second-order valence-electron chi connectivity index (χ2n) is 4.19. The van der Waals surface area contributed by atoms with Gasteiger partial charge in [-0.05, 0) is 30.9 Å². The molecule has 0 bridgehead atoms. The third-order valence-electron chi connectivity index (χ3n) is 2.81. The van der Waals surface area contributed by atoms with E-state index >= 15 is 0 Å². The Hall–Kier alpha value is -1.28. The van der Waals surface area contributed by atoms with Crippen LogP contribution in [0.25, 0.3) is 10.9 Å². The zero-order chi connectivity index (χ0) is 10.8. The largest absolute Gasteiger partial charge is 0.361 e. The van der Waals surface area contributed by atoms with Gasteiger partial charge in [0.15, 0.2) is 0 Å². The van der Waals surface area contributed by atoms with Crippen LogP contribution in [0.15, 0.2) is 24.4 Å². The molecule has 0 spiro atoms. The van der Waals surface area contributed by atoms with Gasteiger partial charge in [-0.1, -0.05) is 25.1 Å². The molecule has 2 heteroatoms. The number of rotatable bonds is 3. The summed E-state index contributed by atoms with van der Waals surface area (Å²) in [5.41, 5.74) is 9.81. The molecule has 1 heterocycles. The molecule has 0 aliphatic heterocycles. The molecule has 0 fully saturated rings. The van der Waals surface area contributed by atoms with Gasteiger partial charge in [-0.2, -0.15) is 0 Å². The first-order valence-electron chi connectivity index (χ1n) is 5.55. The summed E-state index contributed by atoms with van der Waals surface area (Å²) in [6, 6.07) is 6.69. The molecule has 1 atom stereocenters. The summed E-state index contributed by atoms with van der Waals surface area (Å²) >= 11 is 0. The topological polar surface area (TPSA) is 41.8 Å². The van der Waals surface area contributed by atoms with Crippen LogP contribution in [0.5, 0.6) is 0 Å². The fraction of sp³-hybridized carbons (Fsp3) is 0.385. The van der Waals surface area contributed by atoms with Crippen molar-refractivity contribution in [3.8, 4) is 0 Å². The fourth-order valence-electron chi connectivity index (χ4n) is 2.09. The quantitative estimate of drug-likeness (QED) is 0.789. The van der Waals surface area contributed by atoms with Gasteiger partial charge in [0, 0.05) is 23.1 Å². The first-order valence-corrected chi connectivity index (χ1v) is 5.55. The molecular weight excluding hydrogens is 184 g/mol. The average molecular weight is 202 g/mol. The molecule has 2 rings (SSSR count). The molecular formula is C13H18N2. The molecule has 2 aromatic rings. The van der Waals surface area contributed by atoms with E-state index in [0.29, 0.717) is 0 Å². The molecule has 3 N–H and O–H groups in total. The summed E-state index contributed by atoms with van der Waals surface area (Å²) in [6.45, 7) is 4.23. The van der Waals surface area contributed by atoms with E-state index in [4.69, 9.17) is 5.73 Å². The van der Waals surface area contributed by atoms with Gasteiger partial charge in [-0.25, -0.2) is 0 Å². The molecule has 1 unspecified atom stereocenters. The van der Waals surface area contributed by atoms with Gasteiger partial charge in [0.1, 0.15) is 0 Å². The summed E-state index contributed by atoms with van der Waals surface area (Å²) in [7, 11) is 0. The summed E-state index contributed by atoms with van der Waals surface area (Å²) in [5, 5.41) is 1.33. The Morgan fingerprint density at radius 1 is 1.33 bits per heavy atom. The number of fused-ring (bicyclic) bond motifs is 1. The third-order valence-corrected chi connectivity index (χ3v) is 2.81. The molecule has 0 amide bonds. The molecule has 0 aliphatic rings. The van der Waals surface area contributed by atoms with Gasteiger partial charge < -0.3 is 10.7 Å². The molecule has 0 aliphatic carbocycles. The van der Waals surface area contributed by atoms with Crippen molar-refractivity contribution >= 4 is 10.9 Å². The lowest BCUT2D eigenvalue weighted by Crippen LogP contribution is -2.17. The van der Waals surface area contributed by atoms with E-state index in [9.17, 15) is 0 Å². The first kappa shape index (κ1) is 10.2. The lowest BCUT2D eigenvalue weighted by Gasteiger charge is -2.04. The van der Waals surface area contributed by atoms with Crippen molar-refractivity contribution in [2.45, 2.75) is 32.7 Å². The lowest BCUT2D eigenvalue weighted by atomic mass is 10.0. The van der Waals surface area contributed by atoms with Gasteiger partial charge >= 0.3 is 0 Å². The minimum Gasteiger partial charge on any atom is -0.361 e. The normalized spacial score (nSPS) is 13.3. The number of hydrogen-bond donors (Lipinski definition) is 2. The van der Waals surface area contributed by atoms with E-state index in [1.54, 1.807) is 0 Å². The zero-order valence-electron chi connectivity index (χ0n) is 9.38. The van der Waals surface area contributed by atoms with Crippen molar-refractivity contribution in [2.24, 2.45) is 5.73 Å². The van der Waals surface area contributed by atoms with Crippen molar-refractivity contribution in [3.05, 3.63) is 35.5 Å². The summed E-state index contributed by atoms with van der Waals surface area (Å²) in [4.78, 5) is 3.36. The van der Waals surface area contributed by atoms with Gasteiger partial charge in [-0.15, -0.1) is 0 Å². The number of benzene rings is 1. The average Bonchev–Trinajstić information content (AvgIpc) is 2.61. The number of hydrogen-bond acceptors (Lipinski definition) is 1. The number of aromatic nitrogens is 1. The van der Waals surface area contributed by atoms with E-state index in [-0.39, 0.29) is 6.04 Å². The van der Waals surface area contributed by atoms with Crippen LogP contribution >= 0.6 is 0 Å². The van der Waals surface area contributed by atoms with E-state index in [0.717, 1.165) is 12.8 Å². The number of para-hydroxylation sites is 1. The van der Waals surface area contributed by atoms with Crippen LogP contribution in [0.2, 0.25) is 0 Å². The maximum absolute atomic E-state index is 5.83. The van der Waals surface area contributed by atoms with Crippen molar-refractivity contribution in [1.82, 2.24) is 4.98 Å². The highest BCUT2D eigenvalue weighted by atomic mass is 14.7. The molecule has 1 aromatic heterocycles. The smallest absolute Gasteiger partial charge is 0.0489 e. The highest BCUT2D eigenvalue weighted by molar-refractivity contribution is 5.86. The van der Waals surface area contributed by atoms with Crippen LogP contribution in [0.4, 0.5) is 0 Å². The van der Waals surface area contributed by atoms with Gasteiger partial charge in [-0.3, -0.25) is 0 Å². The minimum atomic E-state index is 0.217. The SMILES string of the molecule is CCc1cccc2c(CC(C)N)c[nH]c12. The zero-order valence-corrected chi connectivity index (χ0v) is 9.38. The number of nitrogens with two attached hydrogens (primary N) is 1. The third kappa shape index (κ3) is 1.90. The van der Waals surface area contributed by atoms with E-state index in [1.807, 2.05) is 6.92 Å². The molecule has 1 aromatic carbocycles. The molecule has 2 nitrogen and oxygen atoms in total. The van der Waals surface area contributed by atoms with E-state index in [2.05, 4.69) is 36.3 Å². The Balaban J connectivity index is 2.51. The Morgan fingerprint density at radius 2 is 2.13 bits per heavy atom. The van der Waals surface area contributed by atoms with Crippen molar-refractivity contribution in [1.29, 1.82) is 0 Å². The van der Waals surface area contributed by atoms with Crippen LogP contribution in [0.1, 0.15) is 25.0 Å².